The quantitative estimate of drug-likeness (QED) is 0.815. The van der Waals surface area contributed by atoms with Crippen LogP contribution in [0.2, 0.25) is 0 Å². The maximum atomic E-state index is 6.44. The lowest BCUT2D eigenvalue weighted by atomic mass is 9.66. The van der Waals surface area contributed by atoms with Crippen LogP contribution in [0.25, 0.3) is 0 Å². The number of hydrogen-bond acceptors (Lipinski definition) is 2. The van der Waals surface area contributed by atoms with E-state index >= 15 is 0 Å². The lowest BCUT2D eigenvalue weighted by Gasteiger charge is -2.42. The molecule has 0 heterocycles. The van der Waals surface area contributed by atoms with E-state index in [1.165, 1.54) is 57.8 Å². The summed E-state index contributed by atoms with van der Waals surface area (Å²) >= 11 is 0. The van der Waals surface area contributed by atoms with Crippen LogP contribution in [0.1, 0.15) is 71.6 Å². The van der Waals surface area contributed by atoms with E-state index in [0.29, 0.717) is 12.1 Å². The molecular weight excluding hydrogens is 232 g/mol. The van der Waals surface area contributed by atoms with Crippen molar-refractivity contribution < 1.29 is 0 Å². The van der Waals surface area contributed by atoms with E-state index in [1.807, 2.05) is 0 Å². The molecule has 0 radical (unpaired) electrons. The first-order valence-corrected chi connectivity index (χ1v) is 8.66. The zero-order chi connectivity index (χ0) is 13.8. The fourth-order valence-corrected chi connectivity index (χ4v) is 4.68. The summed E-state index contributed by atoms with van der Waals surface area (Å²) in [4.78, 5) is 0. The number of rotatable bonds is 4. The Morgan fingerprint density at radius 1 is 0.842 bits per heavy atom. The zero-order valence-electron chi connectivity index (χ0n) is 13.0. The largest absolute Gasteiger partial charge is 0.327 e. The summed E-state index contributed by atoms with van der Waals surface area (Å²) in [5.41, 5.74) is 12.8. The van der Waals surface area contributed by atoms with Crippen molar-refractivity contribution in [2.75, 3.05) is 0 Å². The Balaban J connectivity index is 1.92. The fraction of sp³-hybridized carbons (Fsp3) is 1.00. The Bertz CT molecular complexity index is 252. The summed E-state index contributed by atoms with van der Waals surface area (Å²) < 4.78 is 0. The van der Waals surface area contributed by atoms with Gasteiger partial charge in [-0.25, -0.2) is 0 Å². The molecule has 2 aliphatic carbocycles. The molecule has 0 aromatic carbocycles. The molecule has 2 fully saturated rings. The second-order valence-corrected chi connectivity index (χ2v) is 7.20. The van der Waals surface area contributed by atoms with E-state index in [2.05, 4.69) is 13.8 Å². The summed E-state index contributed by atoms with van der Waals surface area (Å²) in [5, 5.41) is 0. The van der Waals surface area contributed by atoms with Gasteiger partial charge in [-0.1, -0.05) is 39.5 Å². The van der Waals surface area contributed by atoms with Crippen molar-refractivity contribution in [3.63, 3.8) is 0 Å². The van der Waals surface area contributed by atoms with Gasteiger partial charge in [0.15, 0.2) is 0 Å². The van der Waals surface area contributed by atoms with Gasteiger partial charge in [0, 0.05) is 12.1 Å². The molecule has 2 heteroatoms. The molecule has 2 nitrogen and oxygen atoms in total. The Kier molecular flexibility index (Phi) is 5.70. The van der Waals surface area contributed by atoms with E-state index < -0.39 is 0 Å². The Hall–Kier alpha value is -0.0800. The minimum atomic E-state index is 0.450. The van der Waals surface area contributed by atoms with Crippen LogP contribution in [-0.4, -0.2) is 12.1 Å². The van der Waals surface area contributed by atoms with Crippen molar-refractivity contribution in [1.29, 1.82) is 0 Å². The Labute approximate surface area is 119 Å². The lowest BCUT2D eigenvalue weighted by Crippen LogP contribution is -2.44. The van der Waals surface area contributed by atoms with Crippen molar-refractivity contribution in [3.8, 4) is 0 Å². The molecule has 2 rings (SSSR count). The maximum absolute atomic E-state index is 6.44. The predicted molar refractivity (Wildman–Crippen MR) is 82.8 cm³/mol. The third kappa shape index (κ3) is 3.72. The van der Waals surface area contributed by atoms with Gasteiger partial charge in [0.25, 0.3) is 0 Å². The van der Waals surface area contributed by atoms with Gasteiger partial charge in [-0.05, 0) is 55.8 Å². The molecule has 0 aromatic rings. The molecule has 0 aliphatic heterocycles. The summed E-state index contributed by atoms with van der Waals surface area (Å²) in [5.74, 6) is 3.19. The molecule has 0 amide bonds. The average molecular weight is 266 g/mol. The monoisotopic (exact) mass is 266 g/mol. The molecule has 0 saturated heterocycles. The Morgan fingerprint density at radius 2 is 1.42 bits per heavy atom. The average Bonchev–Trinajstić information content (AvgIpc) is 2.43. The van der Waals surface area contributed by atoms with Crippen molar-refractivity contribution in [2.45, 2.75) is 83.7 Å². The third-order valence-corrected chi connectivity index (χ3v) is 6.01. The molecule has 2 saturated carbocycles. The van der Waals surface area contributed by atoms with E-state index in [0.717, 1.165) is 23.7 Å². The van der Waals surface area contributed by atoms with Crippen molar-refractivity contribution >= 4 is 0 Å². The van der Waals surface area contributed by atoms with Gasteiger partial charge >= 0.3 is 0 Å². The van der Waals surface area contributed by atoms with E-state index in [4.69, 9.17) is 11.5 Å². The van der Waals surface area contributed by atoms with Crippen LogP contribution in [0.5, 0.6) is 0 Å². The van der Waals surface area contributed by atoms with Crippen LogP contribution in [-0.2, 0) is 0 Å². The summed E-state index contributed by atoms with van der Waals surface area (Å²) in [7, 11) is 0. The molecule has 4 N–H and O–H groups in total. The van der Waals surface area contributed by atoms with Crippen molar-refractivity contribution in [1.82, 2.24) is 0 Å². The highest BCUT2D eigenvalue weighted by atomic mass is 14.7. The van der Waals surface area contributed by atoms with Crippen molar-refractivity contribution in [2.24, 2.45) is 35.1 Å². The van der Waals surface area contributed by atoms with Crippen LogP contribution in [0.3, 0.4) is 0 Å². The van der Waals surface area contributed by atoms with Crippen molar-refractivity contribution in [3.05, 3.63) is 0 Å². The van der Waals surface area contributed by atoms with Gasteiger partial charge in [0.2, 0.25) is 0 Å². The molecule has 112 valence electrons. The minimum absolute atomic E-state index is 0.450. The minimum Gasteiger partial charge on any atom is -0.327 e. The van der Waals surface area contributed by atoms with Gasteiger partial charge in [0.05, 0.1) is 0 Å². The molecule has 2 aliphatic rings. The topological polar surface area (TPSA) is 52.0 Å². The number of nitrogens with two attached hydrogens (primary N) is 2. The SMILES string of the molecule is CCC1CC(CC2CCCCC2N)CC(CC)C1N. The fourth-order valence-electron chi connectivity index (χ4n) is 4.68. The molecular formula is C17H34N2. The first-order valence-electron chi connectivity index (χ1n) is 8.66. The predicted octanol–water partition coefficient (Wildman–Crippen LogP) is 3.68. The van der Waals surface area contributed by atoms with Crippen LogP contribution in [0.15, 0.2) is 0 Å². The first-order chi connectivity index (χ1) is 9.15. The maximum Gasteiger partial charge on any atom is 0.00956 e. The summed E-state index contributed by atoms with van der Waals surface area (Å²) in [6, 6.07) is 0.927. The van der Waals surface area contributed by atoms with Crippen LogP contribution in [0, 0.1) is 23.7 Å². The second kappa shape index (κ2) is 7.08. The standard InChI is InChI=1S/C17H34N2/c1-3-13-9-12(10-14(4-2)17(13)19)11-15-7-5-6-8-16(15)18/h12-17H,3-11,18-19H2,1-2H3. The van der Waals surface area contributed by atoms with E-state index in [-0.39, 0.29) is 0 Å². The zero-order valence-corrected chi connectivity index (χ0v) is 13.0. The van der Waals surface area contributed by atoms with Crippen LogP contribution >= 0.6 is 0 Å². The summed E-state index contributed by atoms with van der Waals surface area (Å²) in [6.45, 7) is 4.62. The molecule has 4 unspecified atom stereocenters. The molecule has 0 bridgehead atoms. The number of hydrogen-bond donors (Lipinski definition) is 2. The molecule has 19 heavy (non-hydrogen) atoms. The van der Waals surface area contributed by atoms with Crippen LogP contribution in [0.4, 0.5) is 0 Å². The third-order valence-electron chi connectivity index (χ3n) is 6.01. The highest BCUT2D eigenvalue weighted by molar-refractivity contribution is 4.90. The normalized spacial score (nSPS) is 44.2. The highest BCUT2D eigenvalue weighted by Crippen LogP contribution is 2.40. The molecule has 0 spiro atoms. The van der Waals surface area contributed by atoms with Gasteiger partial charge in [-0.3, -0.25) is 0 Å². The second-order valence-electron chi connectivity index (χ2n) is 7.20. The van der Waals surface area contributed by atoms with E-state index in [9.17, 15) is 0 Å². The smallest absolute Gasteiger partial charge is 0.00956 e. The van der Waals surface area contributed by atoms with Crippen LogP contribution < -0.4 is 11.5 Å². The van der Waals surface area contributed by atoms with Gasteiger partial charge in [0.1, 0.15) is 0 Å². The van der Waals surface area contributed by atoms with E-state index in [1.54, 1.807) is 0 Å². The lowest BCUT2D eigenvalue weighted by molar-refractivity contribution is 0.122. The molecule has 0 aromatic heterocycles. The van der Waals surface area contributed by atoms with Gasteiger partial charge in [-0.15, -0.1) is 0 Å². The van der Waals surface area contributed by atoms with Gasteiger partial charge < -0.3 is 11.5 Å². The van der Waals surface area contributed by atoms with Gasteiger partial charge in [-0.2, -0.15) is 0 Å². The first kappa shape index (κ1) is 15.3. The highest BCUT2D eigenvalue weighted by Gasteiger charge is 2.35. The molecule has 4 atom stereocenters. The Morgan fingerprint density at radius 3 is 1.95 bits per heavy atom. The summed E-state index contributed by atoms with van der Waals surface area (Å²) in [6.07, 6.45) is 12.0.